The van der Waals surface area contributed by atoms with Crippen molar-refractivity contribution in [3.8, 4) is 0 Å². The molecule has 0 aliphatic heterocycles. The average molecular weight is 260 g/mol. The van der Waals surface area contributed by atoms with Crippen molar-refractivity contribution < 1.29 is 23.2 Å². The molecule has 1 N–H and O–H groups in total. The number of nitrogens with one attached hydrogen (secondary N) is 1. The highest BCUT2D eigenvalue weighted by molar-refractivity contribution is 5.88. The minimum atomic E-state index is -1.51. The average Bonchev–Trinajstić information content (AvgIpc) is 2.23. The smallest absolute Gasteiger partial charge is 0.412 e. The number of carbonyl (C=O) groups excluding carboxylic acids is 1. The van der Waals surface area contributed by atoms with Gasteiger partial charge in [-0.15, -0.1) is 0 Å². The fourth-order valence-electron chi connectivity index (χ4n) is 1.16. The molecule has 0 bridgehead atoms. The van der Waals surface area contributed by atoms with Crippen LogP contribution in [0.1, 0.15) is 13.8 Å². The summed E-state index contributed by atoms with van der Waals surface area (Å²) in [6.07, 6.45) is -1.60. The number of nitro groups is 1. The first-order chi connectivity index (χ1) is 8.32. The van der Waals surface area contributed by atoms with Gasteiger partial charge in [0.1, 0.15) is 0 Å². The first kappa shape index (κ1) is 13.8. The van der Waals surface area contributed by atoms with E-state index in [1.54, 1.807) is 0 Å². The Bertz CT molecular complexity index is 491. The fourth-order valence-corrected chi connectivity index (χ4v) is 1.16. The third-order valence-corrected chi connectivity index (χ3v) is 1.84. The van der Waals surface area contributed by atoms with Gasteiger partial charge >= 0.3 is 6.09 Å². The zero-order chi connectivity index (χ0) is 13.9. The van der Waals surface area contributed by atoms with Crippen molar-refractivity contribution in [3.05, 3.63) is 33.9 Å². The Morgan fingerprint density at radius 3 is 2.56 bits per heavy atom. The van der Waals surface area contributed by atoms with E-state index in [1.165, 1.54) is 13.8 Å². The topological polar surface area (TPSA) is 81.5 Å². The number of ether oxygens (including phenoxy) is 1. The summed E-state index contributed by atoms with van der Waals surface area (Å²) in [6, 6.07) is 1.36. The highest BCUT2D eigenvalue weighted by atomic mass is 19.2. The Kier molecular flexibility index (Phi) is 4.13. The second-order valence-corrected chi connectivity index (χ2v) is 3.59. The van der Waals surface area contributed by atoms with Crippen LogP contribution in [0.15, 0.2) is 12.1 Å². The van der Waals surface area contributed by atoms with Crippen molar-refractivity contribution in [2.75, 3.05) is 5.32 Å². The predicted octanol–water partition coefficient (Wildman–Crippen LogP) is 2.83. The number of hydrogen-bond acceptors (Lipinski definition) is 4. The lowest BCUT2D eigenvalue weighted by Crippen LogP contribution is -2.19. The van der Waals surface area contributed by atoms with Gasteiger partial charge < -0.3 is 4.74 Å². The maximum atomic E-state index is 13.4. The molecule has 6 nitrogen and oxygen atoms in total. The van der Waals surface area contributed by atoms with Gasteiger partial charge in [-0.1, -0.05) is 0 Å². The van der Waals surface area contributed by atoms with Gasteiger partial charge in [-0.25, -0.2) is 13.6 Å². The zero-order valence-electron chi connectivity index (χ0n) is 9.57. The monoisotopic (exact) mass is 260 g/mol. The lowest BCUT2D eigenvalue weighted by molar-refractivity contribution is -0.384. The molecule has 1 rings (SSSR count). The van der Waals surface area contributed by atoms with Gasteiger partial charge in [-0.3, -0.25) is 15.4 Å². The SMILES string of the molecule is CC(C)OC(=O)Nc1c([N+](=O)[O-])ccc(F)c1F. The third-order valence-electron chi connectivity index (χ3n) is 1.84. The van der Waals surface area contributed by atoms with Crippen LogP contribution in [-0.2, 0) is 4.74 Å². The maximum Gasteiger partial charge on any atom is 0.412 e. The minimum absolute atomic E-state index is 0.499. The molecule has 0 fully saturated rings. The molecule has 0 saturated carbocycles. The summed E-state index contributed by atoms with van der Waals surface area (Å²) >= 11 is 0. The van der Waals surface area contributed by atoms with Crippen LogP contribution in [0.4, 0.5) is 25.0 Å². The number of nitrogens with zero attached hydrogens (tertiary/aromatic N) is 1. The summed E-state index contributed by atoms with van der Waals surface area (Å²) in [5.41, 5.74) is -1.61. The van der Waals surface area contributed by atoms with Crippen molar-refractivity contribution >= 4 is 17.5 Å². The normalized spacial score (nSPS) is 10.3. The molecular formula is C10H10F2N2O4. The Morgan fingerprint density at radius 1 is 1.44 bits per heavy atom. The van der Waals surface area contributed by atoms with E-state index >= 15 is 0 Å². The Hall–Kier alpha value is -2.25. The largest absolute Gasteiger partial charge is 0.447 e. The van der Waals surface area contributed by atoms with Crippen LogP contribution in [0, 0.1) is 21.7 Å². The minimum Gasteiger partial charge on any atom is -0.447 e. The highest BCUT2D eigenvalue weighted by Crippen LogP contribution is 2.29. The van der Waals surface area contributed by atoms with E-state index in [0.29, 0.717) is 6.07 Å². The number of nitro benzene ring substituents is 1. The van der Waals surface area contributed by atoms with Gasteiger partial charge in [0, 0.05) is 6.07 Å². The third kappa shape index (κ3) is 3.12. The molecule has 0 unspecified atom stereocenters. The summed E-state index contributed by atoms with van der Waals surface area (Å²) in [5.74, 6) is -2.81. The van der Waals surface area contributed by atoms with E-state index in [-0.39, 0.29) is 0 Å². The van der Waals surface area contributed by atoms with Crippen molar-refractivity contribution in [2.24, 2.45) is 0 Å². The van der Waals surface area contributed by atoms with Crippen LogP contribution in [0.5, 0.6) is 0 Å². The predicted molar refractivity (Wildman–Crippen MR) is 58.3 cm³/mol. The molecule has 0 heterocycles. The Balaban J connectivity index is 3.09. The molecule has 0 atom stereocenters. The van der Waals surface area contributed by atoms with Crippen molar-refractivity contribution in [3.63, 3.8) is 0 Å². The van der Waals surface area contributed by atoms with Gasteiger partial charge in [-0.2, -0.15) is 0 Å². The van der Waals surface area contributed by atoms with Gasteiger partial charge in [-0.05, 0) is 19.9 Å². The molecule has 0 aliphatic carbocycles. The summed E-state index contributed by atoms with van der Waals surface area (Å²) in [7, 11) is 0. The number of halogens is 2. The molecule has 0 radical (unpaired) electrons. The second kappa shape index (κ2) is 5.39. The Labute approximate surface area is 101 Å². The van der Waals surface area contributed by atoms with Crippen molar-refractivity contribution in [2.45, 2.75) is 20.0 Å². The van der Waals surface area contributed by atoms with E-state index in [0.717, 1.165) is 6.07 Å². The molecule has 0 aliphatic rings. The quantitative estimate of drug-likeness (QED) is 0.669. The van der Waals surface area contributed by atoms with E-state index < -0.39 is 40.1 Å². The lowest BCUT2D eigenvalue weighted by atomic mass is 10.2. The molecule has 1 aromatic rings. The molecule has 98 valence electrons. The first-order valence-electron chi connectivity index (χ1n) is 4.93. The lowest BCUT2D eigenvalue weighted by Gasteiger charge is -2.10. The molecule has 0 aromatic heterocycles. The van der Waals surface area contributed by atoms with Crippen molar-refractivity contribution in [1.82, 2.24) is 0 Å². The van der Waals surface area contributed by atoms with E-state index in [4.69, 9.17) is 0 Å². The number of hydrogen-bond donors (Lipinski definition) is 1. The molecule has 8 heteroatoms. The van der Waals surface area contributed by atoms with E-state index in [9.17, 15) is 23.7 Å². The van der Waals surface area contributed by atoms with Gasteiger partial charge in [0.05, 0.1) is 11.0 Å². The second-order valence-electron chi connectivity index (χ2n) is 3.59. The first-order valence-corrected chi connectivity index (χ1v) is 4.93. The summed E-state index contributed by atoms with van der Waals surface area (Å²) in [4.78, 5) is 20.9. The number of amides is 1. The molecule has 0 spiro atoms. The number of benzene rings is 1. The van der Waals surface area contributed by atoms with E-state index in [2.05, 4.69) is 4.74 Å². The molecule has 0 saturated heterocycles. The van der Waals surface area contributed by atoms with Crippen LogP contribution in [0.25, 0.3) is 0 Å². The summed E-state index contributed by atoms with van der Waals surface area (Å²) in [5, 5.41) is 12.4. The highest BCUT2D eigenvalue weighted by Gasteiger charge is 2.24. The van der Waals surface area contributed by atoms with Crippen LogP contribution < -0.4 is 5.32 Å². The molecular weight excluding hydrogens is 250 g/mol. The van der Waals surface area contributed by atoms with Gasteiger partial charge in [0.25, 0.3) is 5.69 Å². The summed E-state index contributed by atoms with van der Waals surface area (Å²) in [6.45, 7) is 3.08. The number of carbonyl (C=O) groups is 1. The molecule has 18 heavy (non-hydrogen) atoms. The van der Waals surface area contributed by atoms with Gasteiger partial charge in [0.15, 0.2) is 17.3 Å². The van der Waals surface area contributed by atoms with E-state index in [1.807, 2.05) is 5.32 Å². The van der Waals surface area contributed by atoms with Crippen LogP contribution in [0.2, 0.25) is 0 Å². The zero-order valence-corrected chi connectivity index (χ0v) is 9.57. The van der Waals surface area contributed by atoms with Crippen molar-refractivity contribution in [1.29, 1.82) is 0 Å². The standard InChI is InChI=1S/C10H10F2N2O4/c1-5(2)18-10(15)13-9-7(14(16)17)4-3-6(11)8(9)12/h3-5H,1-2H3,(H,13,15). The number of rotatable bonds is 3. The number of anilines is 1. The van der Waals surface area contributed by atoms with Crippen LogP contribution >= 0.6 is 0 Å². The van der Waals surface area contributed by atoms with Crippen LogP contribution in [-0.4, -0.2) is 17.1 Å². The fraction of sp³-hybridized carbons (Fsp3) is 0.300. The van der Waals surface area contributed by atoms with Crippen LogP contribution in [0.3, 0.4) is 0 Å². The Morgan fingerprint density at radius 2 is 2.06 bits per heavy atom. The van der Waals surface area contributed by atoms with Gasteiger partial charge in [0.2, 0.25) is 0 Å². The molecule has 1 aromatic carbocycles. The molecule has 1 amide bonds. The maximum absolute atomic E-state index is 13.4. The summed E-state index contributed by atoms with van der Waals surface area (Å²) < 4.78 is 30.9.